The van der Waals surface area contributed by atoms with Crippen LogP contribution in [0.15, 0.2) is 0 Å². The van der Waals surface area contributed by atoms with Crippen LogP contribution in [0, 0.1) is 41.4 Å². The molecule has 0 radical (unpaired) electrons. The molecule has 0 amide bonds. The van der Waals surface area contributed by atoms with Gasteiger partial charge in [0.25, 0.3) is 0 Å². The Labute approximate surface area is 95.8 Å². The van der Waals surface area contributed by atoms with E-state index in [9.17, 15) is 0 Å². The van der Waals surface area contributed by atoms with Crippen LogP contribution < -0.4 is 0 Å². The summed E-state index contributed by atoms with van der Waals surface area (Å²) in [7, 11) is 0. The fourth-order valence-electron chi connectivity index (χ4n) is 4.51. The molecule has 0 nitrogen and oxygen atoms in total. The van der Waals surface area contributed by atoms with Gasteiger partial charge < -0.3 is 0 Å². The molecule has 6 atom stereocenters. The second kappa shape index (κ2) is 4.11. The van der Waals surface area contributed by atoms with Crippen LogP contribution in [0.2, 0.25) is 0 Å². The van der Waals surface area contributed by atoms with Crippen LogP contribution in [0.3, 0.4) is 0 Å². The first kappa shape index (κ1) is 11.5. The molecule has 88 valence electrons. The van der Waals surface area contributed by atoms with Crippen LogP contribution in [0.4, 0.5) is 0 Å². The lowest BCUT2D eigenvalue weighted by Gasteiger charge is -2.40. The molecule has 0 aromatic carbocycles. The summed E-state index contributed by atoms with van der Waals surface area (Å²) in [5.41, 5.74) is 0. The van der Waals surface area contributed by atoms with Gasteiger partial charge in [0.05, 0.1) is 0 Å². The summed E-state index contributed by atoms with van der Waals surface area (Å²) in [6.07, 6.45) is 4.55. The van der Waals surface area contributed by atoms with Crippen molar-refractivity contribution in [2.24, 2.45) is 41.4 Å². The maximum Gasteiger partial charge on any atom is -0.0355 e. The second-order valence-electron chi connectivity index (χ2n) is 6.85. The van der Waals surface area contributed by atoms with E-state index in [4.69, 9.17) is 0 Å². The lowest BCUT2D eigenvalue weighted by molar-refractivity contribution is 0.0933. The number of rotatable bonds is 1. The summed E-state index contributed by atoms with van der Waals surface area (Å²) >= 11 is 0. The molecule has 0 heteroatoms. The minimum atomic E-state index is 0.896. The summed E-state index contributed by atoms with van der Waals surface area (Å²) < 4.78 is 0. The molecule has 6 unspecified atom stereocenters. The highest BCUT2D eigenvalue weighted by Crippen LogP contribution is 2.52. The van der Waals surface area contributed by atoms with Crippen LogP contribution in [0.25, 0.3) is 0 Å². The van der Waals surface area contributed by atoms with Crippen molar-refractivity contribution in [3.63, 3.8) is 0 Å². The van der Waals surface area contributed by atoms with E-state index in [1.807, 2.05) is 0 Å². The normalized spacial score (nSPS) is 50.8. The molecule has 2 aliphatic rings. The van der Waals surface area contributed by atoms with Crippen molar-refractivity contribution >= 4 is 0 Å². The van der Waals surface area contributed by atoms with Gasteiger partial charge >= 0.3 is 0 Å². The minimum absolute atomic E-state index is 0.896. The predicted molar refractivity (Wildman–Crippen MR) is 66.7 cm³/mol. The van der Waals surface area contributed by atoms with Gasteiger partial charge in [-0.1, -0.05) is 34.6 Å². The van der Waals surface area contributed by atoms with Crippen LogP contribution in [-0.4, -0.2) is 0 Å². The monoisotopic (exact) mass is 208 g/mol. The molecule has 2 rings (SSSR count). The number of fused-ring (bicyclic) bond motifs is 1. The van der Waals surface area contributed by atoms with Crippen molar-refractivity contribution in [1.29, 1.82) is 0 Å². The Bertz CT molecular complexity index is 218. The van der Waals surface area contributed by atoms with Gasteiger partial charge in [-0.25, -0.2) is 0 Å². The Morgan fingerprint density at radius 1 is 0.867 bits per heavy atom. The molecule has 0 heterocycles. The highest BCUT2D eigenvalue weighted by molar-refractivity contribution is 4.94. The van der Waals surface area contributed by atoms with Crippen molar-refractivity contribution in [1.82, 2.24) is 0 Å². The molecule has 0 bridgehead atoms. The van der Waals surface area contributed by atoms with Gasteiger partial charge in [0.15, 0.2) is 0 Å². The Morgan fingerprint density at radius 3 is 2.13 bits per heavy atom. The van der Waals surface area contributed by atoms with Crippen LogP contribution >= 0.6 is 0 Å². The predicted octanol–water partition coefficient (Wildman–Crippen LogP) is 4.60. The van der Waals surface area contributed by atoms with Gasteiger partial charge in [0.1, 0.15) is 0 Å². The van der Waals surface area contributed by atoms with Crippen molar-refractivity contribution in [3.05, 3.63) is 0 Å². The summed E-state index contributed by atoms with van der Waals surface area (Å²) in [4.78, 5) is 0. The van der Waals surface area contributed by atoms with Crippen LogP contribution in [-0.2, 0) is 0 Å². The number of hydrogen-bond donors (Lipinski definition) is 0. The largest absolute Gasteiger partial charge is 0.0625 e. The van der Waals surface area contributed by atoms with E-state index in [0.717, 1.165) is 41.4 Å². The van der Waals surface area contributed by atoms with E-state index in [-0.39, 0.29) is 0 Å². The van der Waals surface area contributed by atoms with Crippen molar-refractivity contribution < 1.29 is 0 Å². The van der Waals surface area contributed by atoms with E-state index >= 15 is 0 Å². The zero-order valence-corrected chi connectivity index (χ0v) is 11.2. The molecular weight excluding hydrogens is 180 g/mol. The van der Waals surface area contributed by atoms with Crippen LogP contribution in [0.1, 0.15) is 53.9 Å². The Hall–Kier alpha value is 0. The molecule has 0 spiro atoms. The second-order valence-corrected chi connectivity index (χ2v) is 6.85. The Balaban J connectivity index is 2.07. The van der Waals surface area contributed by atoms with Crippen molar-refractivity contribution in [2.75, 3.05) is 0 Å². The quantitative estimate of drug-likeness (QED) is 0.591. The summed E-state index contributed by atoms with van der Waals surface area (Å²) in [6, 6.07) is 0. The maximum absolute atomic E-state index is 2.50. The third kappa shape index (κ3) is 1.97. The molecule has 2 aliphatic carbocycles. The van der Waals surface area contributed by atoms with Crippen LogP contribution in [0.5, 0.6) is 0 Å². The van der Waals surface area contributed by atoms with Gasteiger partial charge in [-0.3, -0.25) is 0 Å². The lowest BCUT2D eigenvalue weighted by Crippen LogP contribution is -2.32. The van der Waals surface area contributed by atoms with Gasteiger partial charge in [0.2, 0.25) is 0 Å². The van der Waals surface area contributed by atoms with E-state index in [2.05, 4.69) is 34.6 Å². The molecule has 15 heavy (non-hydrogen) atoms. The smallest absolute Gasteiger partial charge is 0.0355 e. The van der Waals surface area contributed by atoms with E-state index in [0.29, 0.717) is 0 Å². The fraction of sp³-hybridized carbons (Fsp3) is 1.00. The zero-order valence-electron chi connectivity index (χ0n) is 11.2. The first-order valence-corrected chi connectivity index (χ1v) is 7.00. The fourth-order valence-corrected chi connectivity index (χ4v) is 4.51. The average Bonchev–Trinajstić information content (AvgIpc) is 2.43. The molecule has 0 aromatic rings. The summed E-state index contributed by atoms with van der Waals surface area (Å²) in [6.45, 7) is 12.3. The third-order valence-electron chi connectivity index (χ3n) is 5.66. The summed E-state index contributed by atoms with van der Waals surface area (Å²) in [5, 5.41) is 0. The number of hydrogen-bond acceptors (Lipinski definition) is 0. The molecular formula is C15H28. The van der Waals surface area contributed by atoms with Gasteiger partial charge in [-0.15, -0.1) is 0 Å². The summed E-state index contributed by atoms with van der Waals surface area (Å²) in [5.74, 6) is 6.97. The highest BCUT2D eigenvalue weighted by Gasteiger charge is 2.44. The SMILES string of the molecule is CC(C)C1CC2CC(C)C(C)C2CC1C. The van der Waals surface area contributed by atoms with Gasteiger partial charge in [0, 0.05) is 0 Å². The molecule has 0 aliphatic heterocycles. The third-order valence-corrected chi connectivity index (χ3v) is 5.66. The molecule has 0 N–H and O–H groups in total. The molecule has 0 saturated heterocycles. The van der Waals surface area contributed by atoms with Crippen molar-refractivity contribution in [2.45, 2.75) is 53.9 Å². The first-order chi connectivity index (χ1) is 7.00. The van der Waals surface area contributed by atoms with E-state index in [1.165, 1.54) is 19.3 Å². The van der Waals surface area contributed by atoms with E-state index < -0.39 is 0 Å². The van der Waals surface area contributed by atoms with Gasteiger partial charge in [-0.2, -0.15) is 0 Å². The highest BCUT2D eigenvalue weighted by atomic mass is 14.5. The Morgan fingerprint density at radius 2 is 1.53 bits per heavy atom. The molecule has 2 fully saturated rings. The maximum atomic E-state index is 2.50. The average molecular weight is 208 g/mol. The first-order valence-electron chi connectivity index (χ1n) is 7.00. The molecule has 0 aromatic heterocycles. The topological polar surface area (TPSA) is 0 Å². The molecule has 2 saturated carbocycles. The Kier molecular flexibility index (Phi) is 3.14. The lowest BCUT2D eigenvalue weighted by atomic mass is 9.65. The standard InChI is InChI=1S/C15H28/c1-9(2)14-8-13-6-10(3)12(5)15(13)7-11(14)4/h9-15H,6-8H2,1-5H3. The van der Waals surface area contributed by atoms with E-state index in [1.54, 1.807) is 0 Å². The zero-order chi connectivity index (χ0) is 11.2. The van der Waals surface area contributed by atoms with Gasteiger partial charge in [-0.05, 0) is 60.7 Å². The minimum Gasteiger partial charge on any atom is -0.0625 e. The van der Waals surface area contributed by atoms with Crippen molar-refractivity contribution in [3.8, 4) is 0 Å².